The molecule has 106 valence electrons. The van der Waals surface area contributed by atoms with Crippen molar-refractivity contribution in [1.82, 2.24) is 0 Å². The van der Waals surface area contributed by atoms with Crippen LogP contribution in [-0.4, -0.2) is 11.1 Å². The van der Waals surface area contributed by atoms with Gasteiger partial charge in [-0.25, -0.2) is 9.18 Å². The van der Waals surface area contributed by atoms with Crippen molar-refractivity contribution in [1.29, 1.82) is 0 Å². The third kappa shape index (κ3) is 2.58. The number of carboxylic acid groups (broad SMARTS) is 1. The summed E-state index contributed by atoms with van der Waals surface area (Å²) < 4.78 is 13.7. The highest BCUT2D eigenvalue weighted by Gasteiger charge is 2.23. The molecule has 2 aromatic rings. The van der Waals surface area contributed by atoms with Crippen LogP contribution in [0.1, 0.15) is 35.0 Å². The summed E-state index contributed by atoms with van der Waals surface area (Å²) in [7, 11) is 0. The van der Waals surface area contributed by atoms with Crippen LogP contribution in [0.4, 0.5) is 10.1 Å². The summed E-state index contributed by atoms with van der Waals surface area (Å²) in [5.74, 6) is -1.32. The van der Waals surface area contributed by atoms with Gasteiger partial charge in [-0.2, -0.15) is 0 Å². The van der Waals surface area contributed by atoms with Crippen LogP contribution >= 0.6 is 27.3 Å². The predicted octanol–water partition coefficient (Wildman–Crippen LogP) is 4.72. The first kappa shape index (κ1) is 15.0. The zero-order valence-electron chi connectivity index (χ0n) is 10.9. The van der Waals surface area contributed by atoms with Crippen molar-refractivity contribution in [2.24, 2.45) is 0 Å². The van der Waals surface area contributed by atoms with E-state index in [1.807, 2.05) is 13.8 Å². The molecule has 0 aliphatic carbocycles. The normalized spacial score (nSPS) is 11.1. The highest BCUT2D eigenvalue weighted by atomic mass is 79.9. The molecule has 1 heterocycles. The van der Waals surface area contributed by atoms with Gasteiger partial charge in [0.05, 0.1) is 10.2 Å². The quantitative estimate of drug-likeness (QED) is 0.835. The third-order valence-corrected chi connectivity index (χ3v) is 4.80. The minimum atomic E-state index is -1.04. The number of hydrogen-bond acceptors (Lipinski definition) is 3. The zero-order chi connectivity index (χ0) is 15.0. The molecule has 6 heteroatoms. The Hall–Kier alpha value is -1.40. The van der Waals surface area contributed by atoms with Crippen molar-refractivity contribution in [2.45, 2.75) is 19.8 Å². The van der Waals surface area contributed by atoms with Crippen molar-refractivity contribution in [3.63, 3.8) is 0 Å². The van der Waals surface area contributed by atoms with Crippen LogP contribution in [0.25, 0.3) is 10.4 Å². The fourth-order valence-corrected chi connectivity index (χ4v) is 3.63. The summed E-state index contributed by atoms with van der Waals surface area (Å²) in [4.78, 5) is 12.1. The summed E-state index contributed by atoms with van der Waals surface area (Å²) in [6.07, 6.45) is 0. The van der Waals surface area contributed by atoms with Gasteiger partial charge >= 0.3 is 5.97 Å². The van der Waals surface area contributed by atoms with Crippen LogP contribution in [0, 0.1) is 5.82 Å². The lowest BCUT2D eigenvalue weighted by molar-refractivity contribution is 0.0703. The van der Waals surface area contributed by atoms with Crippen LogP contribution in [0.5, 0.6) is 0 Å². The van der Waals surface area contributed by atoms with E-state index in [2.05, 4.69) is 15.9 Å². The first-order valence-electron chi connectivity index (χ1n) is 5.93. The molecule has 3 N–H and O–H groups in total. The van der Waals surface area contributed by atoms with Gasteiger partial charge < -0.3 is 10.8 Å². The van der Waals surface area contributed by atoms with Crippen molar-refractivity contribution in [3.05, 3.63) is 38.9 Å². The van der Waals surface area contributed by atoms with Gasteiger partial charge in [0, 0.05) is 4.88 Å². The minimum Gasteiger partial charge on any atom is -0.477 e. The maximum absolute atomic E-state index is 13.3. The average molecular weight is 358 g/mol. The first-order valence-corrected chi connectivity index (χ1v) is 7.54. The summed E-state index contributed by atoms with van der Waals surface area (Å²) in [6, 6.07) is 4.61. The van der Waals surface area contributed by atoms with E-state index in [0.717, 1.165) is 27.3 Å². The molecule has 1 aromatic carbocycles. The molecule has 0 saturated heterocycles. The molecule has 1 aromatic heterocycles. The standard InChI is InChI=1S/C14H13BrFNO2S/c1-6(2)10-11(17)13(14(18)19)20-12(10)7-3-4-9(16)8(15)5-7/h3-6H,17H2,1-2H3,(H,18,19). The number of anilines is 1. The van der Waals surface area contributed by atoms with Crippen LogP contribution in [0.2, 0.25) is 0 Å². The van der Waals surface area contributed by atoms with Crippen molar-refractivity contribution < 1.29 is 14.3 Å². The lowest BCUT2D eigenvalue weighted by Crippen LogP contribution is -2.00. The van der Waals surface area contributed by atoms with E-state index < -0.39 is 5.97 Å². The number of aromatic carboxylic acids is 1. The molecule has 0 spiro atoms. The third-order valence-electron chi connectivity index (χ3n) is 2.94. The second-order valence-corrected chi connectivity index (χ2v) is 6.55. The maximum atomic E-state index is 13.3. The van der Waals surface area contributed by atoms with E-state index in [0.29, 0.717) is 10.2 Å². The Kier molecular flexibility index (Phi) is 4.15. The summed E-state index contributed by atoms with van der Waals surface area (Å²) >= 11 is 4.26. The molecular formula is C14H13BrFNO2S. The number of nitrogens with two attached hydrogens (primary N) is 1. The Bertz CT molecular complexity index is 682. The molecule has 0 atom stereocenters. The second kappa shape index (κ2) is 5.54. The highest BCUT2D eigenvalue weighted by molar-refractivity contribution is 9.10. The smallest absolute Gasteiger partial charge is 0.348 e. The number of benzene rings is 1. The number of halogens is 2. The first-order chi connectivity index (χ1) is 9.32. The molecule has 0 radical (unpaired) electrons. The highest BCUT2D eigenvalue weighted by Crippen LogP contribution is 2.43. The van der Waals surface area contributed by atoms with Crippen molar-refractivity contribution in [3.8, 4) is 10.4 Å². The molecule has 3 nitrogen and oxygen atoms in total. The number of carbonyl (C=O) groups is 1. The number of rotatable bonds is 3. The summed E-state index contributed by atoms with van der Waals surface area (Å²) in [5, 5.41) is 9.19. The van der Waals surface area contributed by atoms with E-state index in [1.54, 1.807) is 12.1 Å². The Morgan fingerprint density at radius 1 is 1.45 bits per heavy atom. The molecule has 0 saturated carbocycles. The number of carboxylic acids is 1. The molecule has 0 fully saturated rings. The number of thiophene rings is 1. The van der Waals surface area contributed by atoms with Crippen LogP contribution in [-0.2, 0) is 0 Å². The lowest BCUT2D eigenvalue weighted by Gasteiger charge is -2.09. The van der Waals surface area contributed by atoms with Gasteiger partial charge in [-0.05, 0) is 45.1 Å². The van der Waals surface area contributed by atoms with Gasteiger partial charge in [-0.1, -0.05) is 19.9 Å². The van der Waals surface area contributed by atoms with E-state index in [9.17, 15) is 14.3 Å². The van der Waals surface area contributed by atoms with E-state index in [4.69, 9.17) is 5.73 Å². The Morgan fingerprint density at radius 2 is 2.10 bits per heavy atom. The number of nitrogen functional groups attached to an aromatic ring is 1. The topological polar surface area (TPSA) is 63.3 Å². The molecule has 0 bridgehead atoms. The van der Waals surface area contributed by atoms with Crippen LogP contribution < -0.4 is 5.73 Å². The van der Waals surface area contributed by atoms with Gasteiger partial charge in [-0.3, -0.25) is 0 Å². The Balaban J connectivity index is 2.69. The van der Waals surface area contributed by atoms with Crippen LogP contribution in [0.3, 0.4) is 0 Å². The zero-order valence-corrected chi connectivity index (χ0v) is 13.3. The lowest BCUT2D eigenvalue weighted by atomic mass is 9.98. The van der Waals surface area contributed by atoms with E-state index in [-0.39, 0.29) is 16.6 Å². The Labute approximate surface area is 128 Å². The van der Waals surface area contributed by atoms with Gasteiger partial charge in [0.15, 0.2) is 0 Å². The maximum Gasteiger partial charge on any atom is 0.348 e. The second-order valence-electron chi connectivity index (χ2n) is 4.68. The fourth-order valence-electron chi connectivity index (χ4n) is 2.04. The predicted molar refractivity (Wildman–Crippen MR) is 82.9 cm³/mol. The van der Waals surface area contributed by atoms with Crippen molar-refractivity contribution in [2.75, 3.05) is 5.73 Å². The fraction of sp³-hybridized carbons (Fsp3) is 0.214. The van der Waals surface area contributed by atoms with Gasteiger partial charge in [0.1, 0.15) is 10.7 Å². The average Bonchev–Trinajstić information content (AvgIpc) is 2.70. The molecular weight excluding hydrogens is 345 g/mol. The van der Waals surface area contributed by atoms with E-state index >= 15 is 0 Å². The molecule has 0 aliphatic heterocycles. The van der Waals surface area contributed by atoms with Gasteiger partial charge in [0.2, 0.25) is 0 Å². The van der Waals surface area contributed by atoms with Crippen molar-refractivity contribution >= 4 is 38.9 Å². The van der Waals surface area contributed by atoms with E-state index in [1.165, 1.54) is 6.07 Å². The molecule has 2 rings (SSSR count). The van der Waals surface area contributed by atoms with Gasteiger partial charge in [0.25, 0.3) is 0 Å². The Morgan fingerprint density at radius 3 is 2.60 bits per heavy atom. The molecule has 0 amide bonds. The summed E-state index contributed by atoms with van der Waals surface area (Å²) in [6.45, 7) is 3.90. The monoisotopic (exact) mass is 357 g/mol. The van der Waals surface area contributed by atoms with Gasteiger partial charge in [-0.15, -0.1) is 11.3 Å². The SMILES string of the molecule is CC(C)c1c(-c2ccc(F)c(Br)c2)sc(C(=O)O)c1N. The minimum absolute atomic E-state index is 0.0816. The van der Waals surface area contributed by atoms with Crippen LogP contribution in [0.15, 0.2) is 22.7 Å². The number of hydrogen-bond donors (Lipinski definition) is 2. The molecule has 20 heavy (non-hydrogen) atoms. The largest absolute Gasteiger partial charge is 0.477 e. The summed E-state index contributed by atoms with van der Waals surface area (Å²) in [5.41, 5.74) is 7.81. The molecule has 0 unspecified atom stereocenters. The molecule has 0 aliphatic rings.